The highest BCUT2D eigenvalue weighted by Gasteiger charge is 2.16. The van der Waals surface area contributed by atoms with Gasteiger partial charge in [-0.2, -0.15) is 0 Å². The number of nitrogens with one attached hydrogen (secondary N) is 2. The quantitative estimate of drug-likeness (QED) is 0.622. The Labute approximate surface area is 114 Å². The van der Waals surface area contributed by atoms with Crippen LogP contribution in [0.4, 0.5) is 0 Å². The summed E-state index contributed by atoms with van der Waals surface area (Å²) >= 11 is 0. The number of hydrogen-bond acceptors (Lipinski definition) is 5. The van der Waals surface area contributed by atoms with Crippen molar-refractivity contribution in [3.8, 4) is 0 Å². The van der Waals surface area contributed by atoms with E-state index in [-0.39, 0.29) is 11.7 Å². The van der Waals surface area contributed by atoms with E-state index >= 15 is 0 Å². The van der Waals surface area contributed by atoms with Gasteiger partial charge in [0.05, 0.1) is 6.54 Å². The lowest BCUT2D eigenvalue weighted by molar-refractivity contribution is 0.250. The molecule has 110 valence electrons. The fourth-order valence-corrected chi connectivity index (χ4v) is 2.40. The van der Waals surface area contributed by atoms with Crippen molar-refractivity contribution in [1.29, 1.82) is 0 Å². The molecule has 19 heavy (non-hydrogen) atoms. The van der Waals surface area contributed by atoms with Gasteiger partial charge < -0.3 is 14.8 Å². The Bertz CT molecular complexity index is 470. The Morgan fingerprint density at radius 1 is 1.42 bits per heavy atom. The first kappa shape index (κ1) is 16.2. The molecule has 0 amide bonds. The lowest BCUT2D eigenvalue weighted by Crippen LogP contribution is -2.22. The third kappa shape index (κ3) is 4.94. The second kappa shape index (κ2) is 7.64. The molecular weight excluding hydrogens is 268 g/mol. The van der Waals surface area contributed by atoms with Gasteiger partial charge in [0.15, 0.2) is 0 Å². The van der Waals surface area contributed by atoms with E-state index in [1.807, 2.05) is 0 Å². The van der Waals surface area contributed by atoms with Crippen molar-refractivity contribution in [2.45, 2.75) is 31.4 Å². The second-order valence-corrected chi connectivity index (χ2v) is 6.16. The predicted octanol–water partition coefficient (Wildman–Crippen LogP) is 0.686. The summed E-state index contributed by atoms with van der Waals surface area (Å²) in [5.74, 6) is 0.994. The van der Waals surface area contributed by atoms with Crippen molar-refractivity contribution in [3.63, 3.8) is 0 Å². The molecule has 7 heteroatoms. The van der Waals surface area contributed by atoms with Crippen LogP contribution < -0.4 is 10.0 Å². The van der Waals surface area contributed by atoms with Crippen molar-refractivity contribution in [1.82, 2.24) is 10.0 Å². The van der Waals surface area contributed by atoms with E-state index in [1.165, 1.54) is 13.1 Å². The first-order chi connectivity index (χ1) is 9.03. The number of aliphatic hydroxyl groups excluding tert-OH is 1. The summed E-state index contributed by atoms with van der Waals surface area (Å²) in [4.78, 5) is 0. The van der Waals surface area contributed by atoms with E-state index in [4.69, 9.17) is 9.52 Å². The minimum absolute atomic E-state index is 0.0748. The average molecular weight is 290 g/mol. The normalized spacial score (nSPS) is 13.6. The molecular formula is C12H22N2O4S. The molecule has 0 fully saturated rings. The van der Waals surface area contributed by atoms with Crippen molar-refractivity contribution >= 4 is 10.0 Å². The summed E-state index contributed by atoms with van der Waals surface area (Å²) in [6.45, 7) is 3.50. The Morgan fingerprint density at radius 3 is 2.74 bits per heavy atom. The molecule has 0 bridgehead atoms. The van der Waals surface area contributed by atoms with Gasteiger partial charge in [0.1, 0.15) is 5.76 Å². The highest BCUT2D eigenvalue weighted by molar-refractivity contribution is 7.89. The van der Waals surface area contributed by atoms with Crippen LogP contribution in [0.3, 0.4) is 0 Å². The molecule has 1 heterocycles. The molecule has 1 aromatic rings. The fourth-order valence-electron chi connectivity index (χ4n) is 1.73. The molecule has 1 atom stereocenters. The summed E-state index contributed by atoms with van der Waals surface area (Å²) in [5, 5.41) is 12.0. The molecule has 1 unspecified atom stereocenters. The summed E-state index contributed by atoms with van der Waals surface area (Å²) < 4.78 is 30.4. The van der Waals surface area contributed by atoms with Crippen LogP contribution in [0.15, 0.2) is 21.6 Å². The van der Waals surface area contributed by atoms with Crippen LogP contribution in [0.5, 0.6) is 0 Å². The largest absolute Gasteiger partial charge is 0.447 e. The van der Waals surface area contributed by atoms with E-state index in [9.17, 15) is 8.42 Å². The summed E-state index contributed by atoms with van der Waals surface area (Å²) in [6.07, 6.45) is 1.76. The van der Waals surface area contributed by atoms with Gasteiger partial charge in [0.2, 0.25) is 5.09 Å². The van der Waals surface area contributed by atoms with Crippen molar-refractivity contribution in [2.24, 2.45) is 5.92 Å². The molecule has 1 rings (SSSR count). The molecule has 0 saturated carbocycles. The summed E-state index contributed by atoms with van der Waals surface area (Å²) in [6, 6.07) is 3.08. The van der Waals surface area contributed by atoms with Crippen LogP contribution in [0.1, 0.15) is 25.5 Å². The zero-order chi connectivity index (χ0) is 14.3. The van der Waals surface area contributed by atoms with Crippen molar-refractivity contribution in [2.75, 3.05) is 20.2 Å². The third-order valence-electron chi connectivity index (χ3n) is 3.02. The van der Waals surface area contributed by atoms with E-state index in [0.29, 0.717) is 18.2 Å². The van der Waals surface area contributed by atoms with Gasteiger partial charge in [-0.15, -0.1) is 0 Å². The second-order valence-electron chi connectivity index (χ2n) is 4.35. The first-order valence-corrected chi connectivity index (χ1v) is 7.85. The molecule has 0 spiro atoms. The van der Waals surface area contributed by atoms with Crippen LogP contribution >= 0.6 is 0 Å². The van der Waals surface area contributed by atoms with Crippen LogP contribution in [0, 0.1) is 5.92 Å². The smallest absolute Gasteiger partial charge is 0.273 e. The lowest BCUT2D eigenvalue weighted by Gasteiger charge is -2.13. The minimum Gasteiger partial charge on any atom is -0.447 e. The number of aliphatic hydroxyl groups is 1. The highest BCUT2D eigenvalue weighted by Crippen LogP contribution is 2.13. The Hall–Kier alpha value is -0.890. The molecule has 0 aliphatic heterocycles. The van der Waals surface area contributed by atoms with E-state index in [1.54, 1.807) is 6.07 Å². The predicted molar refractivity (Wildman–Crippen MR) is 72.1 cm³/mol. The molecule has 6 nitrogen and oxygen atoms in total. The Kier molecular flexibility index (Phi) is 6.50. The number of furan rings is 1. The van der Waals surface area contributed by atoms with Crippen LogP contribution in [0.2, 0.25) is 0 Å². The van der Waals surface area contributed by atoms with Crippen LogP contribution in [-0.2, 0) is 16.6 Å². The third-order valence-corrected chi connectivity index (χ3v) is 4.30. The topological polar surface area (TPSA) is 91.6 Å². The maximum absolute atomic E-state index is 11.5. The van der Waals surface area contributed by atoms with Gasteiger partial charge in [-0.1, -0.05) is 13.3 Å². The first-order valence-electron chi connectivity index (χ1n) is 6.37. The maximum Gasteiger partial charge on any atom is 0.273 e. The molecule has 0 aliphatic rings. The molecule has 0 saturated heterocycles. The summed E-state index contributed by atoms with van der Waals surface area (Å²) in [5.41, 5.74) is 0. The van der Waals surface area contributed by atoms with Gasteiger partial charge in [0, 0.05) is 6.61 Å². The maximum atomic E-state index is 11.5. The van der Waals surface area contributed by atoms with Gasteiger partial charge in [-0.25, -0.2) is 13.1 Å². The van der Waals surface area contributed by atoms with E-state index in [2.05, 4.69) is 17.0 Å². The van der Waals surface area contributed by atoms with Crippen molar-refractivity contribution < 1.29 is 17.9 Å². The Morgan fingerprint density at radius 2 is 2.16 bits per heavy atom. The van der Waals surface area contributed by atoms with Crippen LogP contribution in [0.25, 0.3) is 0 Å². The zero-order valence-corrected chi connectivity index (χ0v) is 12.2. The van der Waals surface area contributed by atoms with Crippen molar-refractivity contribution in [3.05, 3.63) is 17.9 Å². The molecule has 1 aromatic heterocycles. The Balaban J connectivity index is 2.47. The molecule has 3 N–H and O–H groups in total. The molecule has 0 aromatic carbocycles. The van der Waals surface area contributed by atoms with Gasteiger partial charge >= 0.3 is 0 Å². The van der Waals surface area contributed by atoms with E-state index < -0.39 is 10.0 Å². The molecule has 0 radical (unpaired) electrons. The minimum atomic E-state index is -3.51. The standard InChI is InChI=1S/C12H22N2O4S/c1-3-10(6-7-15)8-14-9-11-4-5-12(18-11)19(16,17)13-2/h4-5,10,13-15H,3,6-9H2,1-2H3. The zero-order valence-electron chi connectivity index (χ0n) is 11.3. The van der Waals surface area contributed by atoms with E-state index in [0.717, 1.165) is 19.4 Å². The van der Waals surface area contributed by atoms with Crippen LogP contribution in [-0.4, -0.2) is 33.7 Å². The number of sulfonamides is 1. The monoisotopic (exact) mass is 290 g/mol. The molecule has 0 aliphatic carbocycles. The van der Waals surface area contributed by atoms with Gasteiger partial charge in [-0.3, -0.25) is 0 Å². The van der Waals surface area contributed by atoms with Gasteiger partial charge in [0.25, 0.3) is 10.0 Å². The average Bonchev–Trinajstić information content (AvgIpc) is 2.87. The number of hydrogen-bond donors (Lipinski definition) is 3. The summed E-state index contributed by atoms with van der Waals surface area (Å²) in [7, 11) is -2.17. The SMILES string of the molecule is CCC(CCO)CNCc1ccc(S(=O)(=O)NC)o1. The fraction of sp³-hybridized carbons (Fsp3) is 0.667. The number of rotatable bonds is 9. The highest BCUT2D eigenvalue weighted by atomic mass is 32.2. The lowest BCUT2D eigenvalue weighted by atomic mass is 10.0. The van der Waals surface area contributed by atoms with Gasteiger partial charge in [-0.05, 0) is 38.1 Å².